The summed E-state index contributed by atoms with van der Waals surface area (Å²) in [5.41, 5.74) is 9.24. The van der Waals surface area contributed by atoms with Crippen molar-refractivity contribution < 1.29 is 14.3 Å². The van der Waals surface area contributed by atoms with E-state index in [0.717, 1.165) is 16.5 Å². The van der Waals surface area contributed by atoms with Crippen LogP contribution in [0.1, 0.15) is 5.56 Å². The predicted molar refractivity (Wildman–Crippen MR) is 109 cm³/mol. The number of aromatic nitrogens is 1. The number of hydrogen-bond acceptors (Lipinski definition) is 4. The van der Waals surface area contributed by atoms with Crippen molar-refractivity contribution >= 4 is 52.1 Å². The van der Waals surface area contributed by atoms with E-state index in [1.807, 2.05) is 24.3 Å². The summed E-state index contributed by atoms with van der Waals surface area (Å²) in [5.74, 6) is -0.557. The van der Waals surface area contributed by atoms with Crippen LogP contribution in [0.15, 0.2) is 53.8 Å². The summed E-state index contributed by atoms with van der Waals surface area (Å²) in [6.45, 7) is -0.210. The minimum absolute atomic E-state index is 0.0520. The van der Waals surface area contributed by atoms with Crippen molar-refractivity contribution in [3.05, 3.63) is 64.3 Å². The van der Waals surface area contributed by atoms with Crippen molar-refractivity contribution in [2.45, 2.75) is 6.54 Å². The standard InChI is InChI=1S/C19H16Cl2N4O3/c20-13-5-6-17(15(21)7-13)28-11-19(27)24-23-8-12-9-25(10-18(22)26)16-4-2-1-3-14(12)16/h1-9H,10-11H2,(H2,22,26)(H,24,27)/b23-8+. The molecule has 0 atom stereocenters. The van der Waals surface area contributed by atoms with Crippen molar-refractivity contribution in [1.29, 1.82) is 0 Å². The molecule has 9 heteroatoms. The number of fused-ring (bicyclic) bond motifs is 1. The lowest BCUT2D eigenvalue weighted by Crippen LogP contribution is -2.24. The molecule has 0 spiro atoms. The molecular weight excluding hydrogens is 403 g/mol. The smallest absolute Gasteiger partial charge is 0.277 e. The Kier molecular flexibility index (Phi) is 6.18. The van der Waals surface area contributed by atoms with Crippen LogP contribution >= 0.6 is 23.2 Å². The van der Waals surface area contributed by atoms with Crippen LogP contribution in [0.2, 0.25) is 10.0 Å². The van der Waals surface area contributed by atoms with Crippen LogP contribution < -0.4 is 15.9 Å². The van der Waals surface area contributed by atoms with Gasteiger partial charge in [0.1, 0.15) is 12.3 Å². The van der Waals surface area contributed by atoms with E-state index in [0.29, 0.717) is 15.8 Å². The van der Waals surface area contributed by atoms with Gasteiger partial charge in [0.25, 0.3) is 5.91 Å². The summed E-state index contributed by atoms with van der Waals surface area (Å²) in [7, 11) is 0. The number of para-hydroxylation sites is 1. The highest BCUT2D eigenvalue weighted by molar-refractivity contribution is 6.35. The SMILES string of the molecule is NC(=O)Cn1cc(/C=N/NC(=O)COc2ccc(Cl)cc2Cl)c2ccccc21. The van der Waals surface area contributed by atoms with Gasteiger partial charge >= 0.3 is 0 Å². The number of primary amides is 1. The zero-order valence-corrected chi connectivity index (χ0v) is 16.1. The predicted octanol–water partition coefficient (Wildman–Crippen LogP) is 2.96. The maximum absolute atomic E-state index is 11.9. The number of halogens is 2. The van der Waals surface area contributed by atoms with E-state index in [-0.39, 0.29) is 13.2 Å². The van der Waals surface area contributed by atoms with Gasteiger partial charge in [0.05, 0.1) is 11.2 Å². The van der Waals surface area contributed by atoms with Crippen molar-refractivity contribution in [2.75, 3.05) is 6.61 Å². The molecule has 7 nitrogen and oxygen atoms in total. The van der Waals surface area contributed by atoms with Crippen LogP contribution in [0.25, 0.3) is 10.9 Å². The van der Waals surface area contributed by atoms with Gasteiger partial charge in [-0.3, -0.25) is 9.59 Å². The molecule has 2 aromatic carbocycles. The Hall–Kier alpha value is -3.03. The highest BCUT2D eigenvalue weighted by Gasteiger charge is 2.09. The van der Waals surface area contributed by atoms with E-state index < -0.39 is 11.8 Å². The first-order valence-electron chi connectivity index (χ1n) is 8.20. The summed E-state index contributed by atoms with van der Waals surface area (Å²) < 4.78 is 7.07. The molecule has 1 heterocycles. The molecule has 28 heavy (non-hydrogen) atoms. The monoisotopic (exact) mass is 418 g/mol. The maximum atomic E-state index is 11.9. The molecule has 0 unspecified atom stereocenters. The normalized spacial score (nSPS) is 11.1. The van der Waals surface area contributed by atoms with E-state index >= 15 is 0 Å². The molecule has 2 amide bonds. The number of benzene rings is 2. The third kappa shape index (κ3) is 4.82. The molecule has 0 bridgehead atoms. The molecule has 0 radical (unpaired) electrons. The number of hydrazone groups is 1. The lowest BCUT2D eigenvalue weighted by molar-refractivity contribution is -0.123. The van der Waals surface area contributed by atoms with Gasteiger partial charge in [0.15, 0.2) is 6.61 Å². The molecule has 0 aliphatic carbocycles. The fourth-order valence-electron chi connectivity index (χ4n) is 2.62. The number of ether oxygens (including phenoxy) is 1. The number of rotatable bonds is 7. The quantitative estimate of drug-likeness (QED) is 0.455. The van der Waals surface area contributed by atoms with Crippen molar-refractivity contribution in [1.82, 2.24) is 9.99 Å². The fourth-order valence-corrected chi connectivity index (χ4v) is 3.08. The molecule has 1 aromatic heterocycles. The topological polar surface area (TPSA) is 98.7 Å². The first-order chi connectivity index (χ1) is 13.4. The van der Waals surface area contributed by atoms with Crippen molar-refractivity contribution in [3.63, 3.8) is 0 Å². The number of amides is 2. The molecule has 3 aromatic rings. The maximum Gasteiger partial charge on any atom is 0.277 e. The van der Waals surface area contributed by atoms with Gasteiger partial charge in [-0.15, -0.1) is 0 Å². The van der Waals surface area contributed by atoms with Gasteiger partial charge in [0, 0.05) is 27.7 Å². The Morgan fingerprint density at radius 2 is 2.00 bits per heavy atom. The minimum Gasteiger partial charge on any atom is -0.482 e. The average Bonchev–Trinajstić information content (AvgIpc) is 2.98. The third-order valence-electron chi connectivity index (χ3n) is 3.79. The minimum atomic E-state index is -0.455. The largest absolute Gasteiger partial charge is 0.482 e. The van der Waals surface area contributed by atoms with E-state index in [1.165, 1.54) is 12.3 Å². The fraction of sp³-hybridized carbons (Fsp3) is 0.105. The molecular formula is C19H16Cl2N4O3. The first-order valence-corrected chi connectivity index (χ1v) is 8.95. The van der Waals surface area contributed by atoms with E-state index in [4.69, 9.17) is 33.7 Å². The van der Waals surface area contributed by atoms with Gasteiger partial charge in [-0.1, -0.05) is 41.4 Å². The van der Waals surface area contributed by atoms with Crippen LogP contribution in [-0.2, 0) is 16.1 Å². The summed E-state index contributed by atoms with van der Waals surface area (Å²) in [5, 5.41) is 5.61. The van der Waals surface area contributed by atoms with E-state index in [9.17, 15) is 9.59 Å². The summed E-state index contributed by atoms with van der Waals surface area (Å²) in [6, 6.07) is 12.2. The molecule has 0 aliphatic rings. The number of nitrogens with one attached hydrogen (secondary N) is 1. The summed E-state index contributed by atoms with van der Waals surface area (Å²) >= 11 is 11.8. The lowest BCUT2D eigenvalue weighted by Gasteiger charge is -2.06. The van der Waals surface area contributed by atoms with E-state index in [1.54, 1.807) is 22.9 Å². The number of carbonyl (C=O) groups excluding carboxylic acids is 2. The van der Waals surface area contributed by atoms with E-state index in [2.05, 4.69) is 10.5 Å². The highest BCUT2D eigenvalue weighted by Crippen LogP contribution is 2.27. The zero-order chi connectivity index (χ0) is 20.1. The van der Waals surface area contributed by atoms with Crippen LogP contribution in [0.3, 0.4) is 0 Å². The van der Waals surface area contributed by atoms with Gasteiger partial charge in [-0.25, -0.2) is 5.43 Å². The van der Waals surface area contributed by atoms with Crippen LogP contribution in [0.5, 0.6) is 5.75 Å². The summed E-state index contributed by atoms with van der Waals surface area (Å²) in [4.78, 5) is 23.2. The lowest BCUT2D eigenvalue weighted by atomic mass is 10.2. The van der Waals surface area contributed by atoms with Crippen LogP contribution in [0.4, 0.5) is 0 Å². The number of nitrogens with two attached hydrogens (primary N) is 1. The van der Waals surface area contributed by atoms with Gasteiger partial charge in [-0.2, -0.15) is 5.10 Å². The molecule has 3 rings (SSSR count). The van der Waals surface area contributed by atoms with Gasteiger partial charge in [-0.05, 0) is 24.3 Å². The third-order valence-corrected chi connectivity index (χ3v) is 4.32. The second-order valence-corrected chi connectivity index (χ2v) is 6.70. The van der Waals surface area contributed by atoms with Crippen LogP contribution in [0, 0.1) is 0 Å². The average molecular weight is 419 g/mol. The Labute approximate surface area is 170 Å². The molecule has 0 saturated carbocycles. The Bertz CT molecular complexity index is 1060. The van der Waals surface area contributed by atoms with Crippen molar-refractivity contribution in [2.24, 2.45) is 10.8 Å². The first kappa shape index (κ1) is 19.7. The molecule has 144 valence electrons. The Morgan fingerprint density at radius 1 is 1.21 bits per heavy atom. The molecule has 0 saturated heterocycles. The molecule has 3 N–H and O–H groups in total. The van der Waals surface area contributed by atoms with Gasteiger partial charge < -0.3 is 15.0 Å². The molecule has 0 fully saturated rings. The molecule has 0 aliphatic heterocycles. The summed E-state index contributed by atoms with van der Waals surface area (Å²) in [6.07, 6.45) is 3.24. The second kappa shape index (κ2) is 8.77. The number of carbonyl (C=O) groups is 2. The van der Waals surface area contributed by atoms with Gasteiger partial charge in [0.2, 0.25) is 5.91 Å². The Morgan fingerprint density at radius 3 is 2.75 bits per heavy atom. The number of nitrogens with zero attached hydrogens (tertiary/aromatic N) is 2. The van der Waals surface area contributed by atoms with Crippen LogP contribution in [-0.4, -0.2) is 29.2 Å². The number of hydrogen-bond donors (Lipinski definition) is 2. The zero-order valence-electron chi connectivity index (χ0n) is 14.6. The highest BCUT2D eigenvalue weighted by atomic mass is 35.5. The van der Waals surface area contributed by atoms with Crippen molar-refractivity contribution in [3.8, 4) is 5.75 Å². The second-order valence-electron chi connectivity index (χ2n) is 5.85. The Balaban J connectivity index is 1.64.